The number of halogens is 2. The summed E-state index contributed by atoms with van der Waals surface area (Å²) in [4.78, 5) is 26.8. The second kappa shape index (κ2) is 8.73. The Labute approximate surface area is 213 Å². The number of anilines is 1. The lowest BCUT2D eigenvalue weighted by molar-refractivity contribution is 0.432. The SMILES string of the molecule is CC(c1nc2cccc(F)c2c(=O)n1-c1ccccc1)n1nc(-c2ccc(O)c(F)c2)c2c(N)ncnc21. The van der Waals surface area contributed by atoms with Crippen molar-refractivity contribution in [1.82, 2.24) is 29.3 Å². The maximum atomic E-state index is 14.8. The summed E-state index contributed by atoms with van der Waals surface area (Å²) in [6.45, 7) is 1.76. The molecule has 9 nitrogen and oxygen atoms in total. The number of hydrogen-bond donors (Lipinski definition) is 2. The topological polar surface area (TPSA) is 125 Å². The molecule has 3 aromatic carbocycles. The van der Waals surface area contributed by atoms with Crippen LogP contribution in [0.15, 0.2) is 77.9 Å². The number of nitrogens with zero attached hydrogens (tertiary/aromatic N) is 6. The molecule has 188 valence electrons. The van der Waals surface area contributed by atoms with E-state index < -0.39 is 29.0 Å². The predicted molar refractivity (Wildman–Crippen MR) is 138 cm³/mol. The molecule has 0 radical (unpaired) electrons. The monoisotopic (exact) mass is 511 g/mol. The van der Waals surface area contributed by atoms with E-state index in [9.17, 15) is 18.7 Å². The Morgan fingerprint density at radius 2 is 1.74 bits per heavy atom. The van der Waals surface area contributed by atoms with Gasteiger partial charge in [0, 0.05) is 5.56 Å². The van der Waals surface area contributed by atoms with Gasteiger partial charge in [0.25, 0.3) is 5.56 Å². The molecule has 0 saturated carbocycles. The summed E-state index contributed by atoms with van der Waals surface area (Å²) in [7, 11) is 0. The number of nitrogen functional groups attached to an aromatic ring is 1. The van der Waals surface area contributed by atoms with Gasteiger partial charge in [0.05, 0.1) is 16.6 Å². The van der Waals surface area contributed by atoms with E-state index in [0.717, 1.165) is 6.07 Å². The van der Waals surface area contributed by atoms with Crippen LogP contribution in [-0.2, 0) is 0 Å². The van der Waals surface area contributed by atoms with Gasteiger partial charge < -0.3 is 10.8 Å². The highest BCUT2D eigenvalue weighted by Crippen LogP contribution is 2.34. The molecule has 0 amide bonds. The smallest absolute Gasteiger partial charge is 0.269 e. The molecule has 6 aromatic rings. The Kier molecular flexibility index (Phi) is 5.34. The van der Waals surface area contributed by atoms with Crippen LogP contribution in [0.25, 0.3) is 38.9 Å². The Balaban J connectivity index is 1.65. The van der Waals surface area contributed by atoms with Gasteiger partial charge in [-0.3, -0.25) is 9.36 Å². The number of nitrogens with two attached hydrogens (primary N) is 1. The van der Waals surface area contributed by atoms with Crippen molar-refractivity contribution in [2.45, 2.75) is 13.0 Å². The number of phenols is 1. The first-order valence-corrected chi connectivity index (χ1v) is 11.6. The zero-order chi connectivity index (χ0) is 26.6. The van der Waals surface area contributed by atoms with Gasteiger partial charge in [0.2, 0.25) is 0 Å². The largest absolute Gasteiger partial charge is 0.505 e. The van der Waals surface area contributed by atoms with Gasteiger partial charge in [-0.2, -0.15) is 5.10 Å². The molecule has 3 heterocycles. The third-order valence-electron chi connectivity index (χ3n) is 6.37. The van der Waals surface area contributed by atoms with Crippen molar-refractivity contribution in [1.29, 1.82) is 0 Å². The lowest BCUT2D eigenvalue weighted by Crippen LogP contribution is -2.28. The molecule has 0 saturated heterocycles. The fourth-order valence-corrected chi connectivity index (χ4v) is 4.54. The molecule has 0 aliphatic heterocycles. The molecule has 3 aromatic heterocycles. The zero-order valence-corrected chi connectivity index (χ0v) is 19.9. The van der Waals surface area contributed by atoms with Gasteiger partial charge in [0.15, 0.2) is 17.2 Å². The normalized spacial score (nSPS) is 12.3. The average Bonchev–Trinajstić information content (AvgIpc) is 3.31. The number of para-hydroxylation sites is 1. The summed E-state index contributed by atoms with van der Waals surface area (Å²) < 4.78 is 31.8. The molecule has 38 heavy (non-hydrogen) atoms. The highest BCUT2D eigenvalue weighted by molar-refractivity contribution is 5.98. The van der Waals surface area contributed by atoms with E-state index >= 15 is 0 Å². The highest BCUT2D eigenvalue weighted by Gasteiger charge is 2.26. The first kappa shape index (κ1) is 23.2. The Hall–Kier alpha value is -5.19. The number of rotatable bonds is 4. The number of hydrogen-bond acceptors (Lipinski definition) is 7. The number of phenolic OH excluding ortho intramolecular Hbond substituents is 1. The molecule has 6 rings (SSSR count). The number of aromatic hydroxyl groups is 1. The van der Waals surface area contributed by atoms with Crippen LogP contribution in [0.4, 0.5) is 14.6 Å². The Bertz CT molecular complexity index is 1920. The number of aromatic nitrogens is 6. The quantitative estimate of drug-likeness (QED) is 0.360. The van der Waals surface area contributed by atoms with Crippen molar-refractivity contribution < 1.29 is 13.9 Å². The van der Waals surface area contributed by atoms with Crippen LogP contribution in [0, 0.1) is 11.6 Å². The summed E-state index contributed by atoms with van der Waals surface area (Å²) in [5.41, 5.74) is 7.24. The van der Waals surface area contributed by atoms with Crippen molar-refractivity contribution >= 4 is 27.8 Å². The fourth-order valence-electron chi connectivity index (χ4n) is 4.54. The maximum Gasteiger partial charge on any atom is 0.269 e. The van der Waals surface area contributed by atoms with Gasteiger partial charge in [-0.25, -0.2) is 28.4 Å². The van der Waals surface area contributed by atoms with E-state index in [1.165, 1.54) is 39.8 Å². The summed E-state index contributed by atoms with van der Waals surface area (Å²) in [5.74, 6) is -1.62. The minimum atomic E-state index is -0.829. The highest BCUT2D eigenvalue weighted by atomic mass is 19.1. The summed E-state index contributed by atoms with van der Waals surface area (Å²) in [6.07, 6.45) is 1.28. The van der Waals surface area contributed by atoms with Gasteiger partial charge in [-0.05, 0) is 49.4 Å². The molecular formula is C27H19F2N7O2. The van der Waals surface area contributed by atoms with Gasteiger partial charge in [-0.1, -0.05) is 24.3 Å². The van der Waals surface area contributed by atoms with Gasteiger partial charge in [-0.15, -0.1) is 0 Å². The second-order valence-corrected chi connectivity index (χ2v) is 8.67. The molecule has 0 aliphatic rings. The van der Waals surface area contributed by atoms with Crippen molar-refractivity contribution in [2.24, 2.45) is 0 Å². The molecule has 11 heteroatoms. The molecular weight excluding hydrogens is 492 g/mol. The molecule has 0 bridgehead atoms. The summed E-state index contributed by atoms with van der Waals surface area (Å²) >= 11 is 0. The van der Waals surface area contributed by atoms with Crippen molar-refractivity contribution in [3.8, 4) is 22.7 Å². The number of fused-ring (bicyclic) bond motifs is 2. The third-order valence-corrected chi connectivity index (χ3v) is 6.37. The Morgan fingerprint density at radius 1 is 0.947 bits per heavy atom. The maximum absolute atomic E-state index is 14.8. The average molecular weight is 511 g/mol. The fraction of sp³-hybridized carbons (Fsp3) is 0.0741. The van der Waals surface area contributed by atoms with E-state index in [4.69, 9.17) is 5.73 Å². The second-order valence-electron chi connectivity index (χ2n) is 8.67. The zero-order valence-electron chi connectivity index (χ0n) is 19.9. The first-order chi connectivity index (χ1) is 18.3. The molecule has 0 aliphatic carbocycles. The minimum Gasteiger partial charge on any atom is -0.505 e. The molecule has 1 unspecified atom stereocenters. The lowest BCUT2D eigenvalue weighted by atomic mass is 10.1. The summed E-state index contributed by atoms with van der Waals surface area (Å²) in [5, 5.41) is 14.6. The standard InChI is InChI=1S/C27H19F2N7O2/c1-14(25-33-19-9-5-8-17(28)21(19)27(38)35(25)16-6-3-2-4-7-16)36-26-22(24(30)31-13-32-26)23(34-36)15-10-11-20(37)18(29)12-15/h2-14,37H,1H3,(H2,30,31,32). The van der Waals surface area contributed by atoms with Crippen LogP contribution in [0.2, 0.25) is 0 Å². The third kappa shape index (κ3) is 3.55. The van der Waals surface area contributed by atoms with Crippen molar-refractivity contribution in [3.63, 3.8) is 0 Å². The molecule has 0 fully saturated rings. The van der Waals surface area contributed by atoms with Crippen molar-refractivity contribution in [2.75, 3.05) is 5.73 Å². The van der Waals surface area contributed by atoms with E-state index in [0.29, 0.717) is 22.3 Å². The van der Waals surface area contributed by atoms with E-state index in [1.807, 2.05) is 0 Å². The first-order valence-electron chi connectivity index (χ1n) is 11.6. The van der Waals surface area contributed by atoms with Crippen LogP contribution in [0.3, 0.4) is 0 Å². The van der Waals surface area contributed by atoms with Crippen LogP contribution in [0.1, 0.15) is 18.8 Å². The van der Waals surface area contributed by atoms with E-state index in [-0.39, 0.29) is 28.2 Å². The van der Waals surface area contributed by atoms with Crippen LogP contribution in [-0.4, -0.2) is 34.4 Å². The lowest BCUT2D eigenvalue weighted by Gasteiger charge is -2.19. The minimum absolute atomic E-state index is 0.117. The summed E-state index contributed by atoms with van der Waals surface area (Å²) in [6, 6.07) is 16.2. The van der Waals surface area contributed by atoms with E-state index in [2.05, 4.69) is 20.1 Å². The van der Waals surface area contributed by atoms with Crippen LogP contribution < -0.4 is 11.3 Å². The predicted octanol–water partition coefficient (Wildman–Crippen LogP) is 4.37. The van der Waals surface area contributed by atoms with Gasteiger partial charge >= 0.3 is 0 Å². The molecule has 3 N–H and O–H groups in total. The molecule has 0 spiro atoms. The molecule has 1 atom stereocenters. The number of benzene rings is 3. The van der Waals surface area contributed by atoms with Crippen molar-refractivity contribution in [3.05, 3.63) is 101 Å². The Morgan fingerprint density at radius 3 is 2.50 bits per heavy atom. The van der Waals surface area contributed by atoms with Crippen LogP contribution >= 0.6 is 0 Å². The van der Waals surface area contributed by atoms with Crippen LogP contribution in [0.5, 0.6) is 5.75 Å². The van der Waals surface area contributed by atoms with Gasteiger partial charge in [0.1, 0.15) is 40.9 Å². The van der Waals surface area contributed by atoms with E-state index in [1.54, 1.807) is 43.3 Å².